The molecule has 0 atom stereocenters. The van der Waals surface area contributed by atoms with Crippen LogP contribution in [0.4, 0.5) is 4.39 Å². The normalized spacial score (nSPS) is 15.8. The Labute approximate surface area is 105 Å². The van der Waals surface area contributed by atoms with E-state index in [4.69, 9.17) is 9.84 Å². The molecule has 2 rings (SSSR count). The Kier molecular flexibility index (Phi) is 3.77. The molecule has 18 heavy (non-hydrogen) atoms. The quantitative estimate of drug-likeness (QED) is 0.873. The van der Waals surface area contributed by atoms with Crippen LogP contribution in [0.3, 0.4) is 0 Å². The third-order valence-electron chi connectivity index (χ3n) is 2.93. The molecule has 1 saturated carbocycles. The summed E-state index contributed by atoms with van der Waals surface area (Å²) in [5.41, 5.74) is 1.33. The van der Waals surface area contributed by atoms with Gasteiger partial charge < -0.3 is 9.84 Å². The molecule has 1 aliphatic carbocycles. The summed E-state index contributed by atoms with van der Waals surface area (Å²) in [4.78, 5) is 10.9. The summed E-state index contributed by atoms with van der Waals surface area (Å²) in [6.45, 7) is 0.404. The van der Waals surface area contributed by atoms with Gasteiger partial charge in [-0.3, -0.25) is 0 Å². The largest absolute Gasteiger partial charge is 0.478 e. The first-order valence-electron chi connectivity index (χ1n) is 5.84. The smallest absolute Gasteiger partial charge is 0.338 e. The first-order chi connectivity index (χ1) is 8.61. The van der Waals surface area contributed by atoms with Crippen LogP contribution in [-0.2, 0) is 4.74 Å². The summed E-state index contributed by atoms with van der Waals surface area (Å²) in [6, 6.07) is 4.15. The molecular weight excluding hydrogens is 235 g/mol. The summed E-state index contributed by atoms with van der Waals surface area (Å²) in [5.74, 6) is -1.42. The van der Waals surface area contributed by atoms with Gasteiger partial charge >= 0.3 is 5.97 Å². The van der Waals surface area contributed by atoms with Crippen molar-refractivity contribution >= 4 is 11.5 Å². The van der Waals surface area contributed by atoms with Gasteiger partial charge in [-0.05, 0) is 42.0 Å². The van der Waals surface area contributed by atoms with Crippen LogP contribution in [0.5, 0.6) is 0 Å². The summed E-state index contributed by atoms with van der Waals surface area (Å²) in [5, 5.41) is 8.91. The maximum atomic E-state index is 13.3. The zero-order valence-corrected chi connectivity index (χ0v) is 10.1. The number of ether oxygens (including phenoxy) is 1. The van der Waals surface area contributed by atoms with Crippen molar-refractivity contribution in [3.05, 3.63) is 41.2 Å². The van der Waals surface area contributed by atoms with Crippen LogP contribution in [-0.4, -0.2) is 24.8 Å². The molecule has 0 amide bonds. The molecule has 0 aliphatic heterocycles. The molecule has 0 bridgehead atoms. The Balaban J connectivity index is 2.35. The number of halogens is 1. The van der Waals surface area contributed by atoms with E-state index in [1.807, 2.05) is 0 Å². The Bertz CT molecular complexity index is 490. The van der Waals surface area contributed by atoms with Gasteiger partial charge in [0.25, 0.3) is 0 Å². The van der Waals surface area contributed by atoms with E-state index in [0.29, 0.717) is 18.1 Å². The van der Waals surface area contributed by atoms with Gasteiger partial charge in [-0.2, -0.15) is 0 Å². The molecule has 0 heterocycles. The fourth-order valence-corrected chi connectivity index (χ4v) is 1.82. The maximum absolute atomic E-state index is 13.3. The van der Waals surface area contributed by atoms with Crippen LogP contribution >= 0.6 is 0 Å². The zero-order chi connectivity index (χ0) is 13.1. The number of allylic oxidation sites excluding steroid dienone is 1. The summed E-state index contributed by atoms with van der Waals surface area (Å²) >= 11 is 0. The minimum Gasteiger partial charge on any atom is -0.478 e. The van der Waals surface area contributed by atoms with E-state index in [0.717, 1.165) is 18.4 Å². The van der Waals surface area contributed by atoms with Crippen molar-refractivity contribution in [2.45, 2.75) is 12.8 Å². The minimum absolute atomic E-state index is 0.301. The van der Waals surface area contributed by atoms with Gasteiger partial charge in [0.2, 0.25) is 0 Å². The average Bonchev–Trinajstić information content (AvgIpc) is 3.13. The van der Waals surface area contributed by atoms with E-state index in [-0.39, 0.29) is 5.56 Å². The highest BCUT2D eigenvalue weighted by atomic mass is 19.1. The zero-order valence-electron chi connectivity index (χ0n) is 10.1. The molecule has 1 fully saturated rings. The molecular formula is C14H15FO3. The van der Waals surface area contributed by atoms with E-state index in [1.54, 1.807) is 13.2 Å². The lowest BCUT2D eigenvalue weighted by Crippen LogP contribution is -2.03. The highest BCUT2D eigenvalue weighted by Crippen LogP contribution is 2.33. The average molecular weight is 250 g/mol. The predicted octanol–water partition coefficient (Wildman–Crippen LogP) is 2.96. The van der Waals surface area contributed by atoms with Gasteiger partial charge in [0.1, 0.15) is 5.82 Å². The molecule has 0 saturated heterocycles. The van der Waals surface area contributed by atoms with Gasteiger partial charge in [-0.25, -0.2) is 9.18 Å². The molecule has 96 valence electrons. The topological polar surface area (TPSA) is 46.5 Å². The van der Waals surface area contributed by atoms with Crippen LogP contribution in [0.2, 0.25) is 0 Å². The second-order valence-corrected chi connectivity index (χ2v) is 4.46. The van der Waals surface area contributed by atoms with Gasteiger partial charge in [0.05, 0.1) is 12.2 Å². The van der Waals surface area contributed by atoms with E-state index in [2.05, 4.69) is 6.08 Å². The molecule has 0 aromatic heterocycles. The SMILES string of the molecule is COC/C(=C/C1CC1)c1ccc(F)c(C(=O)O)c1. The number of hydrogen-bond donors (Lipinski definition) is 1. The van der Waals surface area contributed by atoms with Crippen LogP contribution in [0.1, 0.15) is 28.8 Å². The molecule has 1 aromatic carbocycles. The highest BCUT2D eigenvalue weighted by Gasteiger charge is 2.20. The number of carboxylic acids is 1. The van der Waals surface area contributed by atoms with Gasteiger partial charge in [0, 0.05) is 7.11 Å². The number of rotatable bonds is 5. The number of carboxylic acid groups (broad SMARTS) is 1. The molecule has 0 spiro atoms. The molecule has 0 radical (unpaired) electrons. The first-order valence-corrected chi connectivity index (χ1v) is 5.84. The van der Waals surface area contributed by atoms with Crippen molar-refractivity contribution in [1.82, 2.24) is 0 Å². The van der Waals surface area contributed by atoms with E-state index in [1.165, 1.54) is 12.1 Å². The monoisotopic (exact) mass is 250 g/mol. The lowest BCUT2D eigenvalue weighted by molar-refractivity contribution is 0.0692. The summed E-state index contributed by atoms with van der Waals surface area (Å²) in [7, 11) is 1.59. The predicted molar refractivity (Wildman–Crippen MR) is 65.9 cm³/mol. The fraction of sp³-hybridized carbons (Fsp3) is 0.357. The highest BCUT2D eigenvalue weighted by molar-refractivity contribution is 5.89. The lowest BCUT2D eigenvalue weighted by Gasteiger charge is -2.08. The third-order valence-corrected chi connectivity index (χ3v) is 2.93. The number of carbonyl (C=O) groups is 1. The summed E-state index contributed by atoms with van der Waals surface area (Å²) < 4.78 is 18.4. The van der Waals surface area contributed by atoms with Gasteiger partial charge in [-0.1, -0.05) is 12.1 Å². The van der Waals surface area contributed by atoms with Crippen molar-refractivity contribution in [2.24, 2.45) is 5.92 Å². The molecule has 4 heteroatoms. The first kappa shape index (κ1) is 12.8. The molecule has 1 aliphatic rings. The number of methoxy groups -OCH3 is 1. The van der Waals surface area contributed by atoms with Gasteiger partial charge in [0.15, 0.2) is 0 Å². The van der Waals surface area contributed by atoms with Crippen LogP contribution in [0, 0.1) is 11.7 Å². The number of benzene rings is 1. The Morgan fingerprint density at radius 2 is 2.28 bits per heavy atom. The van der Waals surface area contributed by atoms with Crippen molar-refractivity contribution in [2.75, 3.05) is 13.7 Å². The number of aromatic carboxylic acids is 1. The van der Waals surface area contributed by atoms with Gasteiger partial charge in [-0.15, -0.1) is 0 Å². The Morgan fingerprint density at radius 1 is 1.56 bits per heavy atom. The van der Waals surface area contributed by atoms with E-state index in [9.17, 15) is 9.18 Å². The lowest BCUT2D eigenvalue weighted by atomic mass is 10.0. The fourth-order valence-electron chi connectivity index (χ4n) is 1.82. The van der Waals surface area contributed by atoms with Crippen molar-refractivity contribution in [3.8, 4) is 0 Å². The minimum atomic E-state index is -1.25. The van der Waals surface area contributed by atoms with Crippen LogP contribution < -0.4 is 0 Å². The Morgan fingerprint density at radius 3 is 2.83 bits per heavy atom. The maximum Gasteiger partial charge on any atom is 0.338 e. The Hall–Kier alpha value is -1.68. The van der Waals surface area contributed by atoms with E-state index < -0.39 is 11.8 Å². The second-order valence-electron chi connectivity index (χ2n) is 4.46. The van der Waals surface area contributed by atoms with Crippen LogP contribution in [0.25, 0.3) is 5.57 Å². The third kappa shape index (κ3) is 2.96. The second kappa shape index (κ2) is 5.31. The standard InChI is InChI=1S/C14H15FO3/c1-18-8-11(6-9-2-3-9)10-4-5-13(15)12(7-10)14(16)17/h4-7,9H,2-3,8H2,1H3,(H,16,17)/b11-6-. The summed E-state index contributed by atoms with van der Waals surface area (Å²) in [6.07, 6.45) is 4.39. The number of hydrogen-bond acceptors (Lipinski definition) is 2. The molecule has 1 N–H and O–H groups in total. The van der Waals surface area contributed by atoms with Crippen LogP contribution in [0.15, 0.2) is 24.3 Å². The molecule has 1 aromatic rings. The van der Waals surface area contributed by atoms with Crippen molar-refractivity contribution in [3.63, 3.8) is 0 Å². The van der Waals surface area contributed by atoms with E-state index >= 15 is 0 Å². The molecule has 0 unspecified atom stereocenters. The van der Waals surface area contributed by atoms with Crippen molar-refractivity contribution in [1.29, 1.82) is 0 Å². The van der Waals surface area contributed by atoms with Crippen molar-refractivity contribution < 1.29 is 19.0 Å². The molecule has 3 nitrogen and oxygen atoms in total.